The molecule has 1 amide bonds. The topological polar surface area (TPSA) is 55.4 Å². The standard InChI is InChI=1S/C13H17NO3S.C4H10.C2H6.H2/c1-2-17-13(16)14-10-6-9-12(15)18-11-7-4-3-5-8-11;1-3-4-2;1-2;/h3-5,7-8H,2,6,9-10H2,1H3,(H,14,16);3-4H2,1-2H3;1-2H3;1H. The third kappa shape index (κ3) is 16.9. The number of unbranched alkanes of at least 4 members (excludes halogenated alkanes) is 1. The largest absolute Gasteiger partial charge is 0.450 e. The number of carbonyl (C=O) groups excluding carboxylic acids is 2. The summed E-state index contributed by atoms with van der Waals surface area (Å²) in [6.45, 7) is 10.9. The quantitative estimate of drug-likeness (QED) is 0.487. The zero-order chi connectivity index (χ0) is 18.6. The maximum absolute atomic E-state index is 11.6. The lowest BCUT2D eigenvalue weighted by Crippen LogP contribution is -2.25. The molecule has 0 aliphatic heterocycles. The summed E-state index contributed by atoms with van der Waals surface area (Å²) in [6.07, 6.45) is 3.27. The van der Waals surface area contributed by atoms with Gasteiger partial charge >= 0.3 is 6.09 Å². The van der Waals surface area contributed by atoms with Crippen molar-refractivity contribution in [2.24, 2.45) is 0 Å². The summed E-state index contributed by atoms with van der Waals surface area (Å²) in [4.78, 5) is 23.5. The molecule has 140 valence electrons. The van der Waals surface area contributed by atoms with Crippen LogP contribution in [0.15, 0.2) is 35.2 Å². The Bertz CT molecular complexity index is 414. The van der Waals surface area contributed by atoms with Gasteiger partial charge in [0.2, 0.25) is 0 Å². The van der Waals surface area contributed by atoms with E-state index in [-0.39, 0.29) is 6.54 Å². The Morgan fingerprint density at radius 2 is 1.67 bits per heavy atom. The summed E-state index contributed by atoms with van der Waals surface area (Å²) in [5.74, 6) is 0. The molecule has 1 aromatic rings. The lowest BCUT2D eigenvalue weighted by molar-refractivity contribution is -0.111. The molecule has 0 atom stereocenters. The fourth-order valence-corrected chi connectivity index (χ4v) is 2.08. The van der Waals surface area contributed by atoms with Crippen LogP contribution in [0.25, 0.3) is 0 Å². The van der Waals surface area contributed by atoms with E-state index in [1.165, 1.54) is 24.6 Å². The smallest absolute Gasteiger partial charge is 0.407 e. The molecular weight excluding hydrogens is 322 g/mol. The van der Waals surface area contributed by atoms with Gasteiger partial charge in [-0.05, 0) is 25.5 Å². The first-order chi connectivity index (χ1) is 11.6. The van der Waals surface area contributed by atoms with Crippen LogP contribution in [0.3, 0.4) is 0 Å². The lowest BCUT2D eigenvalue weighted by Gasteiger charge is -2.04. The van der Waals surface area contributed by atoms with E-state index in [0.717, 1.165) is 4.90 Å². The van der Waals surface area contributed by atoms with Crippen molar-refractivity contribution in [1.29, 1.82) is 0 Å². The Hall–Kier alpha value is -1.49. The van der Waals surface area contributed by atoms with Crippen LogP contribution in [0, 0.1) is 0 Å². The number of thioether (sulfide) groups is 1. The van der Waals surface area contributed by atoms with E-state index in [1.807, 2.05) is 44.2 Å². The Morgan fingerprint density at radius 3 is 2.17 bits per heavy atom. The lowest BCUT2D eigenvalue weighted by atomic mass is 10.3. The van der Waals surface area contributed by atoms with E-state index in [4.69, 9.17) is 4.74 Å². The van der Waals surface area contributed by atoms with Gasteiger partial charge in [-0.2, -0.15) is 0 Å². The van der Waals surface area contributed by atoms with Crippen molar-refractivity contribution < 1.29 is 15.8 Å². The Morgan fingerprint density at radius 1 is 1.08 bits per heavy atom. The van der Waals surface area contributed by atoms with Gasteiger partial charge in [0.25, 0.3) is 0 Å². The fraction of sp³-hybridized carbons (Fsp3) is 0.579. The molecule has 0 aliphatic carbocycles. The molecule has 0 heterocycles. The van der Waals surface area contributed by atoms with Crippen LogP contribution in [0.5, 0.6) is 0 Å². The van der Waals surface area contributed by atoms with E-state index in [9.17, 15) is 9.59 Å². The van der Waals surface area contributed by atoms with Crippen molar-refractivity contribution in [1.82, 2.24) is 5.32 Å². The first kappa shape index (κ1) is 24.8. The number of hydrogen-bond donors (Lipinski definition) is 1. The molecule has 24 heavy (non-hydrogen) atoms. The van der Waals surface area contributed by atoms with E-state index < -0.39 is 6.09 Å². The van der Waals surface area contributed by atoms with Gasteiger partial charge in [0.05, 0.1) is 6.61 Å². The first-order valence-corrected chi connectivity index (χ1v) is 9.61. The molecule has 0 bridgehead atoms. The second-order valence-corrected chi connectivity index (χ2v) is 5.67. The van der Waals surface area contributed by atoms with E-state index >= 15 is 0 Å². The fourth-order valence-electron chi connectivity index (χ4n) is 1.28. The number of ether oxygens (including phenoxy) is 1. The minimum absolute atomic E-state index is 0. The summed E-state index contributed by atoms with van der Waals surface area (Å²) < 4.78 is 4.70. The van der Waals surface area contributed by atoms with Gasteiger partial charge in [-0.15, -0.1) is 0 Å². The minimum Gasteiger partial charge on any atom is -0.450 e. The van der Waals surface area contributed by atoms with E-state index in [2.05, 4.69) is 19.2 Å². The van der Waals surface area contributed by atoms with Gasteiger partial charge in [0.15, 0.2) is 5.12 Å². The average molecular weight is 358 g/mol. The highest BCUT2D eigenvalue weighted by Crippen LogP contribution is 2.19. The predicted octanol–water partition coefficient (Wildman–Crippen LogP) is 5.91. The number of benzene rings is 1. The first-order valence-electron chi connectivity index (χ1n) is 8.80. The van der Waals surface area contributed by atoms with Crippen molar-refractivity contribution in [2.45, 2.75) is 65.2 Å². The molecule has 0 saturated carbocycles. The molecule has 0 fully saturated rings. The molecule has 5 heteroatoms. The third-order valence-electron chi connectivity index (χ3n) is 2.58. The van der Waals surface area contributed by atoms with Crippen molar-refractivity contribution in [3.8, 4) is 0 Å². The number of amides is 1. The van der Waals surface area contributed by atoms with Crippen molar-refractivity contribution in [3.63, 3.8) is 0 Å². The molecule has 1 rings (SSSR count). The second-order valence-electron chi connectivity index (χ2n) is 4.54. The molecule has 0 saturated heterocycles. The SMILES string of the molecule is CC.CCCC.CCOC(=O)NCCCC(=O)Sc1ccccc1.[HH]. The molecule has 0 unspecified atom stereocenters. The monoisotopic (exact) mass is 357 g/mol. The van der Waals surface area contributed by atoms with Gasteiger partial charge in [-0.1, -0.05) is 70.5 Å². The van der Waals surface area contributed by atoms with Crippen LogP contribution < -0.4 is 5.32 Å². The molecular formula is C19H35NO3S. The zero-order valence-electron chi connectivity index (χ0n) is 15.8. The number of hydrogen-bond acceptors (Lipinski definition) is 4. The Labute approximate surface area is 153 Å². The molecule has 0 spiro atoms. The van der Waals surface area contributed by atoms with Gasteiger partial charge in [-0.3, -0.25) is 4.79 Å². The van der Waals surface area contributed by atoms with E-state index in [0.29, 0.717) is 26.0 Å². The van der Waals surface area contributed by atoms with Crippen molar-refractivity contribution in [3.05, 3.63) is 30.3 Å². The van der Waals surface area contributed by atoms with Crippen molar-refractivity contribution in [2.75, 3.05) is 13.2 Å². The van der Waals surface area contributed by atoms with Crippen LogP contribution in [0.2, 0.25) is 0 Å². The van der Waals surface area contributed by atoms with Gasteiger partial charge in [0.1, 0.15) is 0 Å². The van der Waals surface area contributed by atoms with Crippen LogP contribution in [0.1, 0.15) is 61.7 Å². The summed E-state index contributed by atoms with van der Waals surface area (Å²) in [5, 5.41) is 2.68. The van der Waals surface area contributed by atoms with Gasteiger partial charge in [-0.25, -0.2) is 4.79 Å². The Balaban J connectivity index is -0.000000607. The highest BCUT2D eigenvalue weighted by Gasteiger charge is 2.05. The van der Waals surface area contributed by atoms with Gasteiger partial charge in [0, 0.05) is 19.3 Å². The molecule has 0 radical (unpaired) electrons. The molecule has 1 aromatic carbocycles. The number of alkyl carbamates (subject to hydrolysis) is 1. The summed E-state index contributed by atoms with van der Waals surface area (Å²) in [5.41, 5.74) is 0. The van der Waals surface area contributed by atoms with Gasteiger partial charge < -0.3 is 10.1 Å². The van der Waals surface area contributed by atoms with Crippen LogP contribution >= 0.6 is 11.8 Å². The normalized spacial score (nSPS) is 8.88. The number of carbonyl (C=O) groups is 2. The summed E-state index contributed by atoms with van der Waals surface area (Å²) in [6, 6.07) is 9.52. The zero-order valence-corrected chi connectivity index (χ0v) is 16.6. The highest BCUT2D eigenvalue weighted by atomic mass is 32.2. The highest BCUT2D eigenvalue weighted by molar-refractivity contribution is 8.13. The minimum atomic E-state index is -0.430. The molecule has 1 N–H and O–H groups in total. The van der Waals surface area contributed by atoms with Crippen molar-refractivity contribution >= 4 is 23.0 Å². The van der Waals surface area contributed by atoms with Crippen LogP contribution in [-0.4, -0.2) is 24.4 Å². The second kappa shape index (κ2) is 19.6. The number of nitrogens with one attached hydrogen (secondary N) is 1. The number of rotatable bonds is 7. The summed E-state index contributed by atoms with van der Waals surface area (Å²) >= 11 is 1.23. The average Bonchev–Trinajstić information content (AvgIpc) is 2.62. The summed E-state index contributed by atoms with van der Waals surface area (Å²) in [7, 11) is 0. The maximum atomic E-state index is 11.6. The Kier molecular flexibility index (Phi) is 20.2. The van der Waals surface area contributed by atoms with E-state index in [1.54, 1.807) is 6.92 Å². The molecule has 0 aliphatic rings. The molecule has 4 nitrogen and oxygen atoms in total. The molecule has 0 aromatic heterocycles. The predicted molar refractivity (Wildman–Crippen MR) is 106 cm³/mol. The van der Waals surface area contributed by atoms with Crippen LogP contribution in [-0.2, 0) is 9.53 Å². The maximum Gasteiger partial charge on any atom is 0.407 e. The van der Waals surface area contributed by atoms with Crippen LogP contribution in [0.4, 0.5) is 4.79 Å². The third-order valence-corrected chi connectivity index (χ3v) is 3.52.